The molecule has 6 nitrogen and oxygen atoms in total. The number of carbonyl (C=O) groups is 1. The molecule has 8 heteroatoms. The molecule has 1 aliphatic heterocycles. The molecule has 0 spiro atoms. The number of nitrogens with one attached hydrogen (secondary N) is 1. The van der Waals surface area contributed by atoms with Gasteiger partial charge in [-0.1, -0.05) is 0 Å². The molecular weight excluding hydrogens is 390 g/mol. The molecule has 0 radical (unpaired) electrons. The van der Waals surface area contributed by atoms with Crippen LogP contribution in [0, 0.1) is 17.6 Å². The van der Waals surface area contributed by atoms with Gasteiger partial charge < -0.3 is 10.1 Å². The summed E-state index contributed by atoms with van der Waals surface area (Å²) >= 11 is 0. The van der Waals surface area contributed by atoms with Crippen LogP contribution in [0.4, 0.5) is 8.78 Å². The first kappa shape index (κ1) is 19.6. The van der Waals surface area contributed by atoms with Crippen LogP contribution in [0.25, 0.3) is 5.69 Å². The number of fused-ring (bicyclic) bond motifs is 3. The fourth-order valence-electron chi connectivity index (χ4n) is 4.86. The van der Waals surface area contributed by atoms with Crippen LogP contribution in [0.3, 0.4) is 0 Å². The molecule has 1 saturated heterocycles. The van der Waals surface area contributed by atoms with Crippen molar-refractivity contribution < 1.29 is 18.3 Å². The van der Waals surface area contributed by atoms with Gasteiger partial charge in [0.1, 0.15) is 11.5 Å². The zero-order chi connectivity index (χ0) is 21.0. The molecule has 1 amide bonds. The molecule has 2 heterocycles. The van der Waals surface area contributed by atoms with E-state index in [0.717, 1.165) is 43.3 Å². The second-order valence-corrected chi connectivity index (χ2v) is 9.25. The monoisotopic (exact) mass is 416 g/mol. The molecule has 30 heavy (non-hydrogen) atoms. The van der Waals surface area contributed by atoms with Gasteiger partial charge in [0.05, 0.1) is 18.9 Å². The number of hydrogen-bond donors (Lipinski definition) is 1. The lowest BCUT2D eigenvalue weighted by Gasteiger charge is -2.35. The van der Waals surface area contributed by atoms with Crippen LogP contribution in [0.1, 0.15) is 47.9 Å². The Morgan fingerprint density at radius 2 is 2.07 bits per heavy atom. The Labute approximate surface area is 174 Å². The minimum absolute atomic E-state index is 0.187. The lowest BCUT2D eigenvalue weighted by atomic mass is 10.0. The Hall–Kier alpha value is -2.32. The number of nitrogens with zero attached hydrogens (tertiary/aromatic N) is 3. The van der Waals surface area contributed by atoms with E-state index in [4.69, 9.17) is 4.74 Å². The maximum Gasteiger partial charge on any atom is 0.272 e. The van der Waals surface area contributed by atoms with Crippen LogP contribution >= 0.6 is 0 Å². The van der Waals surface area contributed by atoms with Gasteiger partial charge >= 0.3 is 0 Å². The molecule has 1 N–H and O–H groups in total. The summed E-state index contributed by atoms with van der Waals surface area (Å²) in [6.07, 6.45) is 1.82. The topological polar surface area (TPSA) is 59.4 Å². The van der Waals surface area contributed by atoms with Gasteiger partial charge in [-0.05, 0) is 44.7 Å². The van der Waals surface area contributed by atoms with E-state index >= 15 is 0 Å². The van der Waals surface area contributed by atoms with Gasteiger partial charge in [-0.15, -0.1) is 0 Å². The van der Waals surface area contributed by atoms with E-state index in [1.54, 1.807) is 0 Å². The number of rotatable bonds is 5. The van der Waals surface area contributed by atoms with Crippen molar-refractivity contribution in [1.82, 2.24) is 20.0 Å². The molecule has 1 aromatic carbocycles. The van der Waals surface area contributed by atoms with Crippen LogP contribution in [0.5, 0.6) is 0 Å². The Kier molecular flexibility index (Phi) is 4.67. The van der Waals surface area contributed by atoms with Crippen molar-refractivity contribution in [1.29, 1.82) is 0 Å². The molecule has 2 atom stereocenters. The van der Waals surface area contributed by atoms with Crippen molar-refractivity contribution in [2.24, 2.45) is 5.92 Å². The van der Waals surface area contributed by atoms with E-state index in [1.165, 1.54) is 16.8 Å². The normalized spacial score (nSPS) is 23.2. The highest BCUT2D eigenvalue weighted by molar-refractivity contribution is 5.95. The zero-order valence-electron chi connectivity index (χ0n) is 17.3. The van der Waals surface area contributed by atoms with Gasteiger partial charge in [0, 0.05) is 42.7 Å². The summed E-state index contributed by atoms with van der Waals surface area (Å²) in [4.78, 5) is 15.5. The summed E-state index contributed by atoms with van der Waals surface area (Å²) in [7, 11) is 0. The number of ether oxygens (including phenoxy) is 1. The first-order valence-electron chi connectivity index (χ1n) is 10.5. The van der Waals surface area contributed by atoms with E-state index < -0.39 is 17.2 Å². The number of amides is 1. The molecule has 2 fully saturated rings. The fraction of sp³-hybridized carbons (Fsp3) is 0.545. The molecule has 2 aliphatic carbocycles. The van der Waals surface area contributed by atoms with Crippen molar-refractivity contribution in [3.8, 4) is 5.69 Å². The van der Waals surface area contributed by atoms with Crippen LogP contribution in [0.2, 0.25) is 0 Å². The second-order valence-electron chi connectivity index (χ2n) is 9.25. The third-order valence-corrected chi connectivity index (χ3v) is 6.29. The molecule has 1 saturated carbocycles. The zero-order valence-corrected chi connectivity index (χ0v) is 17.3. The Balaban J connectivity index is 1.42. The second kappa shape index (κ2) is 7.13. The number of halogens is 2. The van der Waals surface area contributed by atoms with Crippen LogP contribution < -0.4 is 5.32 Å². The molecule has 3 aliphatic rings. The van der Waals surface area contributed by atoms with Crippen LogP contribution in [-0.2, 0) is 11.2 Å². The van der Waals surface area contributed by atoms with Crippen molar-refractivity contribution in [3.05, 3.63) is 46.8 Å². The van der Waals surface area contributed by atoms with Gasteiger partial charge in [0.15, 0.2) is 11.5 Å². The average molecular weight is 416 g/mol. The van der Waals surface area contributed by atoms with Crippen LogP contribution in [0.15, 0.2) is 18.2 Å². The van der Waals surface area contributed by atoms with E-state index in [9.17, 15) is 13.6 Å². The van der Waals surface area contributed by atoms with Gasteiger partial charge in [0.25, 0.3) is 5.91 Å². The lowest BCUT2D eigenvalue weighted by Crippen LogP contribution is -2.53. The summed E-state index contributed by atoms with van der Waals surface area (Å²) in [6, 6.07) is 3.46. The standard InChI is InChI=1S/C22H26F2N4O2/c1-22(2,12-27-5-7-30-8-6-27)25-21(29)19-16-10-13-9-15(13)20(16)28(26-19)18-4-3-14(23)11-17(18)24/h3-4,11,13,15H,5-10,12H2,1-2H3,(H,25,29)/t13-,15-/m0/s1. The number of aromatic nitrogens is 2. The highest BCUT2D eigenvalue weighted by atomic mass is 19.1. The van der Waals surface area contributed by atoms with Crippen LogP contribution in [-0.4, -0.2) is 59.0 Å². The third-order valence-electron chi connectivity index (χ3n) is 6.29. The van der Waals surface area contributed by atoms with Crippen molar-refractivity contribution in [2.75, 3.05) is 32.8 Å². The lowest BCUT2D eigenvalue weighted by molar-refractivity contribution is 0.0268. The van der Waals surface area contributed by atoms with Gasteiger partial charge in [-0.3, -0.25) is 9.69 Å². The molecule has 2 aromatic rings. The highest BCUT2D eigenvalue weighted by Crippen LogP contribution is 2.57. The first-order chi connectivity index (χ1) is 14.3. The van der Waals surface area contributed by atoms with E-state index in [-0.39, 0.29) is 11.6 Å². The third kappa shape index (κ3) is 3.52. The summed E-state index contributed by atoms with van der Waals surface area (Å²) < 4.78 is 34.8. The first-order valence-corrected chi connectivity index (χ1v) is 10.5. The highest BCUT2D eigenvalue weighted by Gasteiger charge is 2.50. The smallest absolute Gasteiger partial charge is 0.272 e. The maximum atomic E-state index is 14.5. The Bertz CT molecular complexity index is 997. The van der Waals surface area contributed by atoms with Crippen molar-refractivity contribution >= 4 is 5.91 Å². The van der Waals surface area contributed by atoms with E-state index in [1.807, 2.05) is 13.8 Å². The van der Waals surface area contributed by atoms with Crippen molar-refractivity contribution in [3.63, 3.8) is 0 Å². The van der Waals surface area contributed by atoms with E-state index in [0.29, 0.717) is 37.3 Å². The van der Waals surface area contributed by atoms with Gasteiger partial charge in [-0.25, -0.2) is 13.5 Å². The molecular formula is C22H26F2N4O2. The molecule has 0 bridgehead atoms. The number of hydrogen-bond acceptors (Lipinski definition) is 4. The largest absolute Gasteiger partial charge is 0.379 e. The van der Waals surface area contributed by atoms with E-state index in [2.05, 4.69) is 15.3 Å². The maximum absolute atomic E-state index is 14.5. The van der Waals surface area contributed by atoms with Crippen molar-refractivity contribution in [2.45, 2.75) is 38.1 Å². The summed E-state index contributed by atoms with van der Waals surface area (Å²) in [5.74, 6) is -0.746. The minimum Gasteiger partial charge on any atom is -0.379 e. The Morgan fingerprint density at radius 1 is 1.30 bits per heavy atom. The Morgan fingerprint density at radius 3 is 2.80 bits per heavy atom. The molecule has 0 unspecified atom stereocenters. The summed E-state index contributed by atoms with van der Waals surface area (Å²) in [5, 5.41) is 7.63. The number of benzene rings is 1. The van der Waals surface area contributed by atoms with Gasteiger partial charge in [-0.2, -0.15) is 5.10 Å². The van der Waals surface area contributed by atoms with Gasteiger partial charge in [0.2, 0.25) is 0 Å². The SMILES string of the molecule is CC(C)(CN1CCOCC1)NC(=O)c1nn(-c2ccc(F)cc2F)c2c1C[C@@H]1C[C@H]21. The predicted molar refractivity (Wildman–Crippen MR) is 107 cm³/mol. The number of carbonyl (C=O) groups excluding carboxylic acids is 1. The fourth-order valence-corrected chi connectivity index (χ4v) is 4.86. The number of morpholine rings is 1. The molecule has 160 valence electrons. The summed E-state index contributed by atoms with van der Waals surface area (Å²) in [5.41, 5.74) is 1.90. The molecule has 1 aromatic heterocycles. The predicted octanol–water partition coefficient (Wildman–Crippen LogP) is 2.65. The molecule has 5 rings (SSSR count). The average Bonchev–Trinajstić information content (AvgIpc) is 3.18. The minimum atomic E-state index is -0.677. The summed E-state index contributed by atoms with van der Waals surface area (Å²) in [6.45, 7) is 7.79. The quantitative estimate of drug-likeness (QED) is 0.814.